The summed E-state index contributed by atoms with van der Waals surface area (Å²) >= 11 is 0. The second-order valence-corrected chi connectivity index (χ2v) is 4.63. The van der Waals surface area contributed by atoms with Gasteiger partial charge in [0.25, 0.3) is 0 Å². The number of aliphatic hydroxyl groups is 1. The highest BCUT2D eigenvalue weighted by Crippen LogP contribution is 2.66. The quantitative estimate of drug-likeness (QED) is 0.527. The summed E-state index contributed by atoms with van der Waals surface area (Å²) in [6.45, 7) is 6.43. The van der Waals surface area contributed by atoms with Crippen LogP contribution in [0.15, 0.2) is 11.6 Å². The fraction of sp³-hybridized carbons (Fsp3) is 0.800. The molecule has 0 amide bonds. The molecular weight excluding hydrogens is 136 g/mol. The average molecular weight is 152 g/mol. The third-order valence-electron chi connectivity index (χ3n) is 3.65. The number of hydrogen-bond donors (Lipinski definition) is 1. The minimum Gasteiger partial charge on any atom is -0.385 e. The van der Waals surface area contributed by atoms with E-state index in [1.165, 1.54) is 18.4 Å². The number of fused-ring (bicyclic) bond motifs is 1. The van der Waals surface area contributed by atoms with Crippen LogP contribution in [-0.2, 0) is 0 Å². The Morgan fingerprint density at radius 3 is 2.64 bits per heavy atom. The van der Waals surface area contributed by atoms with Crippen molar-refractivity contribution < 1.29 is 5.11 Å². The molecule has 2 aliphatic carbocycles. The Morgan fingerprint density at radius 1 is 1.55 bits per heavy atom. The van der Waals surface area contributed by atoms with Crippen molar-refractivity contribution in [3.05, 3.63) is 11.6 Å². The molecule has 0 spiro atoms. The fourth-order valence-electron chi connectivity index (χ4n) is 2.57. The van der Waals surface area contributed by atoms with Crippen LogP contribution < -0.4 is 0 Å². The van der Waals surface area contributed by atoms with Gasteiger partial charge in [-0.15, -0.1) is 0 Å². The smallest absolute Gasteiger partial charge is 0.0919 e. The van der Waals surface area contributed by atoms with E-state index in [-0.39, 0.29) is 5.41 Å². The van der Waals surface area contributed by atoms with Gasteiger partial charge >= 0.3 is 0 Å². The zero-order chi connectivity index (χ0) is 8.28. The third kappa shape index (κ3) is 0.698. The Bertz CT molecular complexity index is 227. The summed E-state index contributed by atoms with van der Waals surface area (Å²) in [4.78, 5) is 0. The molecule has 2 atom stereocenters. The molecule has 1 nitrogen and oxygen atoms in total. The van der Waals surface area contributed by atoms with Gasteiger partial charge in [0.2, 0.25) is 0 Å². The van der Waals surface area contributed by atoms with Gasteiger partial charge in [-0.3, -0.25) is 0 Å². The number of hydrogen-bond acceptors (Lipinski definition) is 1. The number of allylic oxidation sites excluding steroid dienone is 1. The van der Waals surface area contributed by atoms with Crippen LogP contribution in [0.5, 0.6) is 0 Å². The molecule has 2 rings (SSSR count). The zero-order valence-corrected chi connectivity index (χ0v) is 7.52. The third-order valence-corrected chi connectivity index (χ3v) is 3.65. The van der Waals surface area contributed by atoms with Crippen LogP contribution in [0.2, 0.25) is 0 Å². The van der Waals surface area contributed by atoms with Gasteiger partial charge in [0, 0.05) is 11.3 Å². The molecule has 1 N–H and O–H groups in total. The Morgan fingerprint density at radius 2 is 2.18 bits per heavy atom. The highest BCUT2D eigenvalue weighted by Gasteiger charge is 2.69. The van der Waals surface area contributed by atoms with E-state index < -0.39 is 5.60 Å². The second-order valence-electron chi connectivity index (χ2n) is 4.63. The lowest BCUT2D eigenvalue weighted by molar-refractivity contribution is 0.146. The molecule has 0 aromatic heterocycles. The average Bonchev–Trinajstić information content (AvgIpc) is 2.26. The molecule has 0 aromatic carbocycles. The number of rotatable bonds is 0. The van der Waals surface area contributed by atoms with Gasteiger partial charge in [0.1, 0.15) is 0 Å². The second kappa shape index (κ2) is 1.71. The van der Waals surface area contributed by atoms with Crippen LogP contribution in [0.1, 0.15) is 33.6 Å². The molecule has 1 saturated carbocycles. The maximum atomic E-state index is 10.1. The molecule has 0 unspecified atom stereocenters. The minimum absolute atomic E-state index is 0.144. The molecule has 11 heavy (non-hydrogen) atoms. The molecule has 0 aromatic rings. The fourth-order valence-corrected chi connectivity index (χ4v) is 2.57. The standard InChI is InChI=1S/C10H16O/c1-7-4-5-8-9(2,3)10(8,11)6-7/h6,8,11H,4-5H2,1-3H3/t8-,10-/m1/s1. The largest absolute Gasteiger partial charge is 0.385 e. The maximum absolute atomic E-state index is 10.1. The summed E-state index contributed by atoms with van der Waals surface area (Å²) in [5.74, 6) is 0.527. The van der Waals surface area contributed by atoms with Gasteiger partial charge in [-0.05, 0) is 19.8 Å². The van der Waals surface area contributed by atoms with Gasteiger partial charge in [-0.25, -0.2) is 0 Å². The first-order valence-corrected chi connectivity index (χ1v) is 4.39. The predicted octanol–water partition coefficient (Wildman–Crippen LogP) is 2.11. The van der Waals surface area contributed by atoms with Gasteiger partial charge in [0.15, 0.2) is 0 Å². The highest BCUT2D eigenvalue weighted by atomic mass is 16.3. The normalized spacial score (nSPS) is 46.2. The topological polar surface area (TPSA) is 20.2 Å². The van der Waals surface area contributed by atoms with E-state index in [0.717, 1.165) is 0 Å². The molecule has 1 heteroatoms. The lowest BCUT2D eigenvalue weighted by Crippen LogP contribution is -2.15. The molecule has 0 saturated heterocycles. The molecule has 0 radical (unpaired) electrons. The SMILES string of the molecule is CC1=C[C@@]2(O)[C@H](CC1)C2(C)C. The molecule has 0 bridgehead atoms. The Labute approximate surface area is 68.1 Å². The lowest BCUT2D eigenvalue weighted by Gasteiger charge is -2.13. The predicted molar refractivity (Wildman–Crippen MR) is 45.2 cm³/mol. The Hall–Kier alpha value is -0.300. The van der Waals surface area contributed by atoms with Crippen LogP contribution in [0.25, 0.3) is 0 Å². The van der Waals surface area contributed by atoms with Gasteiger partial charge in [0.05, 0.1) is 5.60 Å². The molecule has 0 heterocycles. The van der Waals surface area contributed by atoms with Crippen molar-refractivity contribution in [1.29, 1.82) is 0 Å². The Kier molecular flexibility index (Phi) is 1.15. The van der Waals surface area contributed by atoms with Crippen molar-refractivity contribution in [2.75, 3.05) is 0 Å². The lowest BCUT2D eigenvalue weighted by atomic mass is 9.99. The van der Waals surface area contributed by atoms with E-state index in [1.54, 1.807) is 0 Å². The van der Waals surface area contributed by atoms with Crippen LogP contribution in [0.4, 0.5) is 0 Å². The van der Waals surface area contributed by atoms with Crippen molar-refractivity contribution in [2.24, 2.45) is 11.3 Å². The molecule has 0 aliphatic heterocycles. The molecule has 62 valence electrons. The van der Waals surface area contributed by atoms with E-state index in [0.29, 0.717) is 5.92 Å². The monoisotopic (exact) mass is 152 g/mol. The van der Waals surface area contributed by atoms with Gasteiger partial charge in [-0.2, -0.15) is 0 Å². The summed E-state index contributed by atoms with van der Waals surface area (Å²) in [6, 6.07) is 0. The minimum atomic E-state index is -0.449. The van der Waals surface area contributed by atoms with Crippen molar-refractivity contribution in [2.45, 2.75) is 39.2 Å². The van der Waals surface area contributed by atoms with Crippen LogP contribution in [0.3, 0.4) is 0 Å². The van der Waals surface area contributed by atoms with Crippen molar-refractivity contribution in [3.8, 4) is 0 Å². The molecular formula is C10H16O. The van der Waals surface area contributed by atoms with Gasteiger partial charge in [-0.1, -0.05) is 25.5 Å². The van der Waals surface area contributed by atoms with Crippen LogP contribution in [0, 0.1) is 11.3 Å². The summed E-state index contributed by atoms with van der Waals surface area (Å²) in [7, 11) is 0. The van der Waals surface area contributed by atoms with Crippen molar-refractivity contribution in [1.82, 2.24) is 0 Å². The Balaban J connectivity index is 2.34. The first-order valence-electron chi connectivity index (χ1n) is 4.39. The summed E-state index contributed by atoms with van der Waals surface area (Å²) < 4.78 is 0. The molecule has 2 aliphatic rings. The van der Waals surface area contributed by atoms with E-state index in [2.05, 4.69) is 26.8 Å². The summed E-state index contributed by atoms with van der Waals surface area (Å²) in [5.41, 5.74) is 1.05. The van der Waals surface area contributed by atoms with Crippen molar-refractivity contribution >= 4 is 0 Å². The van der Waals surface area contributed by atoms with Crippen LogP contribution >= 0.6 is 0 Å². The first kappa shape index (κ1) is 7.35. The zero-order valence-electron chi connectivity index (χ0n) is 7.52. The van der Waals surface area contributed by atoms with E-state index in [4.69, 9.17) is 0 Å². The van der Waals surface area contributed by atoms with Gasteiger partial charge < -0.3 is 5.11 Å². The first-order chi connectivity index (χ1) is 4.98. The van der Waals surface area contributed by atoms with E-state index in [9.17, 15) is 5.11 Å². The highest BCUT2D eigenvalue weighted by molar-refractivity contribution is 5.33. The van der Waals surface area contributed by atoms with Crippen LogP contribution in [-0.4, -0.2) is 10.7 Å². The summed E-state index contributed by atoms with van der Waals surface area (Å²) in [6.07, 6.45) is 4.42. The van der Waals surface area contributed by atoms with E-state index in [1.807, 2.05) is 0 Å². The van der Waals surface area contributed by atoms with Crippen molar-refractivity contribution in [3.63, 3.8) is 0 Å². The van der Waals surface area contributed by atoms with E-state index >= 15 is 0 Å². The maximum Gasteiger partial charge on any atom is 0.0919 e. The summed E-state index contributed by atoms with van der Waals surface area (Å²) in [5, 5.41) is 10.1. The molecule has 1 fully saturated rings.